The molecular formula is C2H7NO11. The summed E-state index contributed by atoms with van der Waals surface area (Å²) in [7, 11) is 1.15. The van der Waals surface area contributed by atoms with Crippen LogP contribution in [-0.4, -0.2) is 13.9 Å². The van der Waals surface area contributed by atoms with E-state index >= 15 is 0 Å². The smallest absolute Gasteiger partial charge is 0.207 e. The molecule has 0 saturated heterocycles. The van der Waals surface area contributed by atoms with E-state index in [4.69, 9.17) is 0 Å². The van der Waals surface area contributed by atoms with Crippen molar-refractivity contribution in [3.8, 4) is 0 Å². The molecule has 0 radical (unpaired) electrons. The predicted molar refractivity (Wildman–Crippen MR) is 26.9 cm³/mol. The van der Waals surface area contributed by atoms with Gasteiger partial charge in [0, 0.05) is 0 Å². The van der Waals surface area contributed by atoms with Gasteiger partial charge in [-0.05, 0) is 35.3 Å². The second-order valence-electron chi connectivity index (χ2n) is 1.09. The van der Waals surface area contributed by atoms with Crippen molar-refractivity contribution in [2.45, 2.75) is 0 Å². The van der Waals surface area contributed by atoms with E-state index in [1.807, 2.05) is 0 Å². The molecule has 2 N–H and O–H groups in total. The van der Waals surface area contributed by atoms with Gasteiger partial charge in [0.2, 0.25) is 6.79 Å². The van der Waals surface area contributed by atoms with Gasteiger partial charge in [-0.15, -0.1) is 4.99 Å². The summed E-state index contributed by atoms with van der Waals surface area (Å²) in [6.07, 6.45) is 0. The van der Waals surface area contributed by atoms with Crippen LogP contribution in [0, 0.1) is 0 Å². The van der Waals surface area contributed by atoms with E-state index in [9.17, 15) is 0 Å². The van der Waals surface area contributed by atoms with Gasteiger partial charge in [-0.25, -0.2) is 4.89 Å². The third-order valence-electron chi connectivity index (χ3n) is 0.447. The molecule has 0 fully saturated rings. The molecule has 12 heteroatoms. The number of hydrogen-bond acceptors (Lipinski definition) is 12. The minimum Gasteiger partial charge on any atom is -0.207 e. The second-order valence-corrected chi connectivity index (χ2v) is 1.09. The second kappa shape index (κ2) is 12.5. The molecule has 0 amide bonds. The normalized spacial score (nSPS) is 10.7. The first-order chi connectivity index (χ1) is 6.91. The number of hydrogen-bond donors (Lipinski definition) is 1. The van der Waals surface area contributed by atoms with Gasteiger partial charge in [0.15, 0.2) is 0 Å². The molecule has 0 heterocycles. The maximum Gasteiger partial charge on any atom is 0.219 e. The highest BCUT2D eigenvalue weighted by Gasteiger charge is 1.95. The quantitative estimate of drug-likeness (QED) is 0.196. The zero-order chi connectivity index (χ0) is 10.5. The summed E-state index contributed by atoms with van der Waals surface area (Å²) in [6, 6.07) is 0. The Morgan fingerprint density at radius 3 is 1.93 bits per heavy atom. The topological polar surface area (TPSA) is 128 Å². The van der Waals surface area contributed by atoms with Crippen molar-refractivity contribution in [3.63, 3.8) is 0 Å². The van der Waals surface area contributed by atoms with Gasteiger partial charge in [0.25, 0.3) is 0 Å². The molecule has 0 saturated carbocycles. The lowest BCUT2D eigenvalue weighted by atomic mass is 11.5. The van der Waals surface area contributed by atoms with Crippen LogP contribution >= 0.6 is 0 Å². The standard InChI is InChI=1S/C2H7NO11/c1-4-8-10-12-14-13-11-9-6-2-5-7-3/h2-3H2,1H3. The fourth-order valence-electron chi connectivity index (χ4n) is 0.171. The molecule has 0 aromatic carbocycles. The van der Waals surface area contributed by atoms with Gasteiger partial charge in [0.05, 0.1) is 7.11 Å². The van der Waals surface area contributed by atoms with Crippen molar-refractivity contribution in [3.05, 3.63) is 0 Å². The van der Waals surface area contributed by atoms with Gasteiger partial charge in [-0.1, -0.05) is 0 Å². The zero-order valence-corrected chi connectivity index (χ0v) is 6.78. The fraction of sp³-hybridized carbons (Fsp3) is 1.00. The average Bonchev–Trinajstić information content (AvgIpc) is 2.21. The Kier molecular flexibility index (Phi) is 12.1. The summed E-state index contributed by atoms with van der Waals surface area (Å²) >= 11 is 0. The Balaban J connectivity index is 2.78. The average molecular weight is 221 g/mol. The summed E-state index contributed by atoms with van der Waals surface area (Å²) < 4.78 is 0. The summed E-state index contributed by atoms with van der Waals surface area (Å²) in [6.45, 7) is -0.482. The monoisotopic (exact) mass is 221 g/mol. The summed E-state index contributed by atoms with van der Waals surface area (Å²) in [4.78, 5) is 15.4. The molecule has 0 aromatic rings. The van der Waals surface area contributed by atoms with Crippen LogP contribution in [0.3, 0.4) is 0 Å². The van der Waals surface area contributed by atoms with Crippen molar-refractivity contribution >= 4 is 0 Å². The van der Waals surface area contributed by atoms with E-state index in [0.717, 1.165) is 7.11 Å². The minimum atomic E-state index is -0.482. The largest absolute Gasteiger partial charge is 0.219 e. The first kappa shape index (κ1) is 13.5. The molecule has 0 aliphatic heterocycles. The SMILES string of the molecule is COOOOOOOOOCOON. The molecule has 0 rings (SSSR count). The van der Waals surface area contributed by atoms with Crippen LogP contribution in [0.2, 0.25) is 0 Å². The molecule has 0 aromatic heterocycles. The van der Waals surface area contributed by atoms with E-state index in [0.29, 0.717) is 0 Å². The van der Waals surface area contributed by atoms with Gasteiger partial charge >= 0.3 is 0 Å². The minimum absolute atomic E-state index is 0.482. The molecule has 0 atom stereocenters. The zero-order valence-electron chi connectivity index (χ0n) is 6.78. The van der Waals surface area contributed by atoms with Crippen molar-refractivity contribution in [1.82, 2.24) is 0 Å². The van der Waals surface area contributed by atoms with Crippen molar-refractivity contribution in [2.75, 3.05) is 13.9 Å². The van der Waals surface area contributed by atoms with E-state index in [1.54, 1.807) is 0 Å². The third kappa shape index (κ3) is 11.5. The van der Waals surface area contributed by atoms with Gasteiger partial charge in [0.1, 0.15) is 0 Å². The third-order valence-corrected chi connectivity index (χ3v) is 0.447. The highest BCUT2D eigenvalue weighted by molar-refractivity contribution is 3.70. The maximum absolute atomic E-state index is 4.42. The predicted octanol–water partition coefficient (Wildman–Crippen LogP) is -1.13. The Hall–Kier alpha value is -0.480. The number of nitrogens with two attached hydrogens (primary N) is 1. The first-order valence-electron chi connectivity index (χ1n) is 2.72. The molecule has 12 nitrogen and oxygen atoms in total. The Bertz CT molecular complexity index is 87.3. The van der Waals surface area contributed by atoms with Crippen LogP contribution in [0.4, 0.5) is 0 Å². The molecule has 0 aliphatic carbocycles. The van der Waals surface area contributed by atoms with Gasteiger partial charge in [-0.3, -0.25) is 0 Å². The number of rotatable bonds is 11. The Morgan fingerprint density at radius 1 is 0.786 bits per heavy atom. The van der Waals surface area contributed by atoms with Crippen LogP contribution in [0.5, 0.6) is 0 Å². The van der Waals surface area contributed by atoms with Crippen LogP contribution in [0.15, 0.2) is 0 Å². The van der Waals surface area contributed by atoms with Crippen molar-refractivity contribution in [1.29, 1.82) is 0 Å². The van der Waals surface area contributed by atoms with Crippen LogP contribution in [0.1, 0.15) is 0 Å². The highest BCUT2D eigenvalue weighted by Crippen LogP contribution is 1.89. The lowest BCUT2D eigenvalue weighted by Gasteiger charge is -1.99. The molecule has 86 valence electrons. The van der Waals surface area contributed by atoms with Gasteiger partial charge in [-0.2, -0.15) is 15.7 Å². The lowest BCUT2D eigenvalue weighted by molar-refractivity contribution is -0.832. The van der Waals surface area contributed by atoms with E-state index in [2.05, 4.69) is 60.8 Å². The molecule has 0 spiro atoms. The fourth-order valence-corrected chi connectivity index (χ4v) is 0.171. The summed E-state index contributed by atoms with van der Waals surface area (Å²) in [5.74, 6) is 4.42. The maximum atomic E-state index is 4.42. The van der Waals surface area contributed by atoms with E-state index in [-0.39, 0.29) is 0 Å². The van der Waals surface area contributed by atoms with Crippen molar-refractivity contribution in [2.24, 2.45) is 5.90 Å². The molecule has 0 unspecified atom stereocenters. The molecule has 14 heavy (non-hydrogen) atoms. The lowest BCUT2D eigenvalue weighted by Crippen LogP contribution is -2.07. The van der Waals surface area contributed by atoms with Crippen molar-refractivity contribution < 1.29 is 54.9 Å². The molecule has 0 bridgehead atoms. The first-order valence-corrected chi connectivity index (χ1v) is 2.72. The Labute approximate surface area is 76.0 Å². The van der Waals surface area contributed by atoms with Crippen LogP contribution in [-0.2, 0) is 54.9 Å². The summed E-state index contributed by atoms with van der Waals surface area (Å²) in [5, 5.41) is 25.5. The molecular weight excluding hydrogens is 214 g/mol. The molecule has 0 aliphatic rings. The summed E-state index contributed by atoms with van der Waals surface area (Å²) in [5.41, 5.74) is 0. The van der Waals surface area contributed by atoms with E-state index < -0.39 is 6.79 Å². The Morgan fingerprint density at radius 2 is 1.36 bits per heavy atom. The highest BCUT2D eigenvalue weighted by atomic mass is 17.9. The van der Waals surface area contributed by atoms with Crippen LogP contribution < -0.4 is 5.90 Å². The van der Waals surface area contributed by atoms with E-state index in [1.165, 1.54) is 0 Å². The van der Waals surface area contributed by atoms with Crippen LogP contribution in [0.25, 0.3) is 0 Å². The van der Waals surface area contributed by atoms with Gasteiger partial charge < -0.3 is 0 Å².